The Balaban J connectivity index is 2.98. The number of aryl methyl sites for hydroxylation is 1. The first-order chi connectivity index (χ1) is 8.70. The van der Waals surface area contributed by atoms with Crippen molar-refractivity contribution in [1.29, 1.82) is 0 Å². The highest BCUT2D eigenvalue weighted by Crippen LogP contribution is 2.20. The molecule has 7 nitrogen and oxygen atoms in total. The lowest BCUT2D eigenvalue weighted by molar-refractivity contribution is -0.116. The first kappa shape index (κ1) is 15.1. The third kappa shape index (κ3) is 4.68. The fourth-order valence-corrected chi connectivity index (χ4v) is 1.84. The molecule has 0 unspecified atom stereocenters. The second kappa shape index (κ2) is 5.81. The molecule has 0 radical (unpaired) electrons. The van der Waals surface area contributed by atoms with Crippen LogP contribution in [0.3, 0.4) is 0 Å². The number of hydrogen-bond donors (Lipinski definition) is 3. The van der Waals surface area contributed by atoms with Crippen molar-refractivity contribution >= 4 is 27.4 Å². The van der Waals surface area contributed by atoms with E-state index in [-0.39, 0.29) is 11.3 Å². The second-order valence-electron chi connectivity index (χ2n) is 4.05. The highest BCUT2D eigenvalue weighted by atomic mass is 32.2. The highest BCUT2D eigenvalue weighted by Gasteiger charge is 2.11. The highest BCUT2D eigenvalue weighted by molar-refractivity contribution is 7.85. The maximum atomic E-state index is 11.0. The number of amides is 1. The third-order valence-electron chi connectivity index (χ3n) is 2.30. The summed E-state index contributed by atoms with van der Waals surface area (Å²) in [7, 11) is -4.26. The Kier molecular flexibility index (Phi) is 4.62. The van der Waals surface area contributed by atoms with Gasteiger partial charge >= 0.3 is 0 Å². The van der Waals surface area contributed by atoms with Gasteiger partial charge in [0, 0.05) is 5.71 Å². The molecule has 0 saturated heterocycles. The molecule has 8 heteroatoms. The van der Waals surface area contributed by atoms with Crippen LogP contribution in [0.25, 0.3) is 0 Å². The number of rotatable bonds is 5. The number of hydrazone groups is 1. The zero-order valence-electron chi connectivity index (χ0n) is 10.5. The Labute approximate surface area is 111 Å². The van der Waals surface area contributed by atoms with Gasteiger partial charge in [-0.3, -0.25) is 14.8 Å². The van der Waals surface area contributed by atoms with Gasteiger partial charge in [-0.25, -0.2) is 0 Å². The molecule has 0 bridgehead atoms. The number of carbonyl (C=O) groups is 1. The summed E-state index contributed by atoms with van der Waals surface area (Å²) in [6.07, 6.45) is 0.00400. The van der Waals surface area contributed by atoms with Gasteiger partial charge in [0.1, 0.15) is 0 Å². The largest absolute Gasteiger partial charge is 0.369 e. The quantitative estimate of drug-likeness (QED) is 0.421. The Morgan fingerprint density at radius 3 is 2.63 bits per heavy atom. The van der Waals surface area contributed by atoms with Crippen LogP contribution in [0.2, 0.25) is 0 Å². The van der Waals surface area contributed by atoms with Crippen LogP contribution in [0.15, 0.2) is 28.2 Å². The molecule has 0 aromatic heterocycles. The SMILES string of the molecule is C/C(CC(N)=O)=N\Nc1cc(S(=O)(=O)O)ccc1C. The van der Waals surface area contributed by atoms with Crippen molar-refractivity contribution in [2.45, 2.75) is 25.2 Å². The minimum Gasteiger partial charge on any atom is -0.369 e. The summed E-state index contributed by atoms with van der Waals surface area (Å²) >= 11 is 0. The summed E-state index contributed by atoms with van der Waals surface area (Å²) in [4.78, 5) is 10.4. The number of nitrogens with zero attached hydrogens (tertiary/aromatic N) is 1. The van der Waals surface area contributed by atoms with E-state index in [1.807, 2.05) is 0 Å². The van der Waals surface area contributed by atoms with Crippen LogP contribution in [-0.2, 0) is 14.9 Å². The maximum Gasteiger partial charge on any atom is 0.294 e. The van der Waals surface area contributed by atoms with Crippen LogP contribution < -0.4 is 11.2 Å². The summed E-state index contributed by atoms with van der Waals surface area (Å²) in [5.41, 5.74) is 9.27. The first-order valence-electron chi connectivity index (χ1n) is 5.36. The van der Waals surface area contributed by atoms with Crippen LogP contribution in [0.1, 0.15) is 18.9 Å². The van der Waals surface area contributed by atoms with Gasteiger partial charge in [-0.05, 0) is 31.5 Å². The molecule has 1 rings (SSSR count). The van der Waals surface area contributed by atoms with E-state index in [1.165, 1.54) is 18.2 Å². The van der Waals surface area contributed by atoms with Crippen molar-refractivity contribution in [3.8, 4) is 0 Å². The van der Waals surface area contributed by atoms with Crippen molar-refractivity contribution < 1.29 is 17.8 Å². The van der Waals surface area contributed by atoms with E-state index in [4.69, 9.17) is 10.3 Å². The van der Waals surface area contributed by atoms with Gasteiger partial charge in [-0.1, -0.05) is 6.07 Å². The fourth-order valence-electron chi connectivity index (χ4n) is 1.33. The molecule has 0 aliphatic carbocycles. The number of benzene rings is 1. The van der Waals surface area contributed by atoms with Crippen molar-refractivity contribution in [3.63, 3.8) is 0 Å². The number of carbonyl (C=O) groups excluding carboxylic acids is 1. The van der Waals surface area contributed by atoms with Gasteiger partial charge in [0.2, 0.25) is 5.91 Å². The van der Waals surface area contributed by atoms with Gasteiger partial charge < -0.3 is 5.73 Å². The molecule has 1 aromatic rings. The Morgan fingerprint density at radius 1 is 1.47 bits per heavy atom. The lowest BCUT2D eigenvalue weighted by atomic mass is 10.2. The third-order valence-corrected chi connectivity index (χ3v) is 3.15. The van der Waals surface area contributed by atoms with Crippen molar-refractivity contribution in [2.75, 3.05) is 5.43 Å². The van der Waals surface area contributed by atoms with Gasteiger partial charge in [-0.15, -0.1) is 0 Å². The first-order valence-corrected chi connectivity index (χ1v) is 6.80. The average molecular weight is 285 g/mol. The van der Waals surface area contributed by atoms with Crippen molar-refractivity contribution in [1.82, 2.24) is 0 Å². The minimum atomic E-state index is -4.26. The number of anilines is 1. The second-order valence-corrected chi connectivity index (χ2v) is 5.48. The zero-order chi connectivity index (χ0) is 14.6. The van der Waals surface area contributed by atoms with Crippen molar-refractivity contribution in [2.24, 2.45) is 10.8 Å². The lowest BCUT2D eigenvalue weighted by Crippen LogP contribution is -2.15. The predicted octanol–water partition coefficient (Wildman–Crippen LogP) is 0.905. The zero-order valence-corrected chi connectivity index (χ0v) is 11.4. The topological polar surface area (TPSA) is 122 Å². The smallest absolute Gasteiger partial charge is 0.294 e. The predicted molar refractivity (Wildman–Crippen MR) is 71.5 cm³/mol. The summed E-state index contributed by atoms with van der Waals surface area (Å²) < 4.78 is 31.0. The van der Waals surface area contributed by atoms with E-state index < -0.39 is 16.0 Å². The van der Waals surface area contributed by atoms with E-state index in [9.17, 15) is 13.2 Å². The van der Waals surface area contributed by atoms with Gasteiger partial charge in [0.15, 0.2) is 0 Å². The molecule has 0 heterocycles. The van der Waals surface area contributed by atoms with E-state index >= 15 is 0 Å². The monoisotopic (exact) mass is 285 g/mol. The normalized spacial score (nSPS) is 12.3. The summed E-state index contributed by atoms with van der Waals surface area (Å²) in [5.74, 6) is -0.508. The van der Waals surface area contributed by atoms with Crippen molar-refractivity contribution in [3.05, 3.63) is 23.8 Å². The summed E-state index contributed by atoms with van der Waals surface area (Å²) in [6, 6.07) is 4.08. The van der Waals surface area contributed by atoms with E-state index in [1.54, 1.807) is 13.8 Å². The average Bonchev–Trinajstić information content (AvgIpc) is 2.25. The molecule has 0 aliphatic heterocycles. The lowest BCUT2D eigenvalue weighted by Gasteiger charge is -2.07. The Hall–Kier alpha value is -1.93. The maximum absolute atomic E-state index is 11.0. The molecule has 19 heavy (non-hydrogen) atoms. The number of primary amides is 1. The molecule has 104 valence electrons. The molecular weight excluding hydrogens is 270 g/mol. The van der Waals surface area contributed by atoms with Gasteiger partial charge in [0.05, 0.1) is 17.0 Å². The molecule has 4 N–H and O–H groups in total. The molecular formula is C11H15N3O4S. The molecule has 1 aromatic carbocycles. The van der Waals surface area contributed by atoms with Crippen LogP contribution >= 0.6 is 0 Å². The Bertz CT molecular complexity index is 623. The van der Waals surface area contributed by atoms with E-state index in [0.29, 0.717) is 11.4 Å². The van der Waals surface area contributed by atoms with Crippen LogP contribution in [0, 0.1) is 6.92 Å². The molecule has 0 aliphatic rings. The van der Waals surface area contributed by atoms with E-state index in [2.05, 4.69) is 10.5 Å². The van der Waals surface area contributed by atoms with Gasteiger partial charge in [0.25, 0.3) is 10.1 Å². The molecule has 0 atom stereocenters. The van der Waals surface area contributed by atoms with Crippen LogP contribution in [-0.4, -0.2) is 24.6 Å². The number of hydrogen-bond acceptors (Lipinski definition) is 5. The van der Waals surface area contributed by atoms with Gasteiger partial charge in [-0.2, -0.15) is 13.5 Å². The molecule has 1 amide bonds. The standard InChI is InChI=1S/C11H15N3O4S/c1-7-3-4-9(19(16,17)18)6-10(7)14-13-8(2)5-11(12)15/h3-4,6,14H,5H2,1-2H3,(H2,12,15)(H,16,17,18)/b13-8+. The fraction of sp³-hybridized carbons (Fsp3) is 0.273. The molecule has 0 saturated carbocycles. The molecule has 0 fully saturated rings. The Morgan fingerprint density at radius 2 is 2.11 bits per heavy atom. The minimum absolute atomic E-state index is 0.00400. The molecule has 0 spiro atoms. The summed E-state index contributed by atoms with van der Waals surface area (Å²) in [6.45, 7) is 3.36. The van der Waals surface area contributed by atoms with E-state index in [0.717, 1.165) is 5.56 Å². The number of nitrogens with one attached hydrogen (secondary N) is 1. The van der Waals surface area contributed by atoms with Crippen LogP contribution in [0.4, 0.5) is 5.69 Å². The number of nitrogens with two attached hydrogens (primary N) is 1. The summed E-state index contributed by atoms with van der Waals surface area (Å²) in [5, 5.41) is 3.91. The van der Waals surface area contributed by atoms with Crippen LogP contribution in [0.5, 0.6) is 0 Å².